The molecule has 0 fully saturated rings. The van der Waals surface area contributed by atoms with Crippen LogP contribution in [0.25, 0.3) is 0 Å². The monoisotopic (exact) mass is 194 g/mol. The fraction of sp³-hybridized carbons (Fsp3) is 0.333. The first-order valence-corrected chi connectivity index (χ1v) is 5.02. The van der Waals surface area contributed by atoms with E-state index in [0.717, 1.165) is 18.7 Å². The molecule has 0 radical (unpaired) electrons. The lowest BCUT2D eigenvalue weighted by molar-refractivity contribution is -0.126. The molecule has 0 N–H and O–H groups in total. The second kappa shape index (κ2) is 3.30. The van der Waals surface area contributed by atoms with E-state index in [2.05, 4.69) is 11.6 Å². The van der Waals surface area contributed by atoms with Crippen LogP contribution in [0, 0.1) is 0 Å². The summed E-state index contributed by atoms with van der Waals surface area (Å²) in [6.07, 6.45) is 2.24. The summed E-state index contributed by atoms with van der Waals surface area (Å²) in [5.41, 5.74) is 2.99. The number of thiazole rings is 1. The topological polar surface area (TPSA) is 33.2 Å². The summed E-state index contributed by atoms with van der Waals surface area (Å²) in [7, 11) is 0. The van der Waals surface area contributed by atoms with Crippen LogP contribution >= 0.6 is 11.3 Å². The molecule has 1 aromatic rings. The number of hydrogen-bond acceptors (Lipinski definition) is 3. The van der Waals surface area contributed by atoms with Crippen LogP contribution in [-0.2, 0) is 17.8 Å². The first-order valence-electron chi connectivity index (χ1n) is 4.14. The molecule has 3 nitrogen and oxygen atoms in total. The van der Waals surface area contributed by atoms with E-state index >= 15 is 0 Å². The van der Waals surface area contributed by atoms with Crippen molar-refractivity contribution in [3.05, 3.63) is 28.7 Å². The molecule has 0 aromatic carbocycles. The minimum Gasteiger partial charge on any atom is -0.334 e. The van der Waals surface area contributed by atoms with Gasteiger partial charge in [-0.05, 0) is 6.08 Å². The van der Waals surface area contributed by atoms with Crippen LogP contribution in [0.15, 0.2) is 18.2 Å². The Kier molecular flexibility index (Phi) is 2.14. The van der Waals surface area contributed by atoms with Crippen LogP contribution in [0.3, 0.4) is 0 Å². The third-order valence-corrected chi connectivity index (χ3v) is 3.02. The van der Waals surface area contributed by atoms with E-state index in [1.54, 1.807) is 16.2 Å². The zero-order valence-electron chi connectivity index (χ0n) is 7.19. The van der Waals surface area contributed by atoms with Gasteiger partial charge in [0.2, 0.25) is 5.91 Å². The van der Waals surface area contributed by atoms with E-state index in [1.807, 2.05) is 5.51 Å². The number of amides is 1. The third-order valence-electron chi connectivity index (χ3n) is 2.16. The number of hydrogen-bond donors (Lipinski definition) is 0. The number of fused-ring (bicyclic) bond motifs is 1. The highest BCUT2D eigenvalue weighted by atomic mass is 32.1. The van der Waals surface area contributed by atoms with E-state index in [0.29, 0.717) is 6.54 Å². The largest absolute Gasteiger partial charge is 0.334 e. The van der Waals surface area contributed by atoms with Crippen LogP contribution in [0.2, 0.25) is 0 Å². The number of nitrogens with zero attached hydrogens (tertiary/aromatic N) is 2. The van der Waals surface area contributed by atoms with Crippen LogP contribution in [0.4, 0.5) is 0 Å². The Morgan fingerprint density at radius 1 is 1.77 bits per heavy atom. The van der Waals surface area contributed by atoms with Crippen molar-refractivity contribution in [2.75, 3.05) is 6.54 Å². The normalized spacial score (nSPS) is 15.2. The molecule has 2 heterocycles. The summed E-state index contributed by atoms with van der Waals surface area (Å²) >= 11 is 1.62. The number of carbonyl (C=O) groups is 1. The maximum absolute atomic E-state index is 11.3. The standard InChI is InChI=1S/C9H10N2OS/c1-2-9(12)11-4-3-7-8(5-11)13-6-10-7/h2,6H,1,3-5H2. The highest BCUT2D eigenvalue weighted by Crippen LogP contribution is 2.21. The molecule has 1 aliphatic rings. The Balaban J connectivity index is 2.17. The molecule has 2 rings (SSSR count). The summed E-state index contributed by atoms with van der Waals surface area (Å²) in [5.74, 6) is 0.0130. The van der Waals surface area contributed by atoms with Gasteiger partial charge in [-0.1, -0.05) is 6.58 Å². The smallest absolute Gasteiger partial charge is 0.246 e. The third kappa shape index (κ3) is 1.49. The maximum Gasteiger partial charge on any atom is 0.246 e. The zero-order chi connectivity index (χ0) is 9.26. The van der Waals surface area contributed by atoms with E-state index in [9.17, 15) is 4.79 Å². The van der Waals surface area contributed by atoms with Gasteiger partial charge < -0.3 is 4.90 Å². The quantitative estimate of drug-likeness (QED) is 0.630. The average Bonchev–Trinajstić information content (AvgIpc) is 2.63. The minimum absolute atomic E-state index is 0.0130. The molecule has 0 atom stereocenters. The predicted octanol–water partition coefficient (Wildman–Crippen LogP) is 1.21. The van der Waals surface area contributed by atoms with Crippen LogP contribution in [-0.4, -0.2) is 22.3 Å². The Labute approximate surface area is 80.7 Å². The molecule has 1 amide bonds. The Hall–Kier alpha value is -1.16. The Morgan fingerprint density at radius 3 is 3.38 bits per heavy atom. The Bertz CT molecular complexity index is 345. The molecule has 0 aliphatic carbocycles. The molecule has 0 spiro atoms. The molecular formula is C9H10N2OS. The predicted molar refractivity (Wildman–Crippen MR) is 51.4 cm³/mol. The molecule has 1 aliphatic heterocycles. The molecule has 4 heteroatoms. The lowest BCUT2D eigenvalue weighted by Crippen LogP contribution is -2.34. The van der Waals surface area contributed by atoms with E-state index in [-0.39, 0.29) is 5.91 Å². The second-order valence-corrected chi connectivity index (χ2v) is 3.88. The summed E-state index contributed by atoms with van der Waals surface area (Å²) < 4.78 is 0. The molecule has 68 valence electrons. The van der Waals surface area contributed by atoms with Crippen molar-refractivity contribution in [1.82, 2.24) is 9.88 Å². The highest BCUT2D eigenvalue weighted by molar-refractivity contribution is 7.09. The highest BCUT2D eigenvalue weighted by Gasteiger charge is 2.20. The van der Waals surface area contributed by atoms with Gasteiger partial charge in [0.25, 0.3) is 0 Å². The fourth-order valence-electron chi connectivity index (χ4n) is 1.44. The fourth-order valence-corrected chi connectivity index (χ4v) is 2.26. The van der Waals surface area contributed by atoms with Crippen LogP contribution < -0.4 is 0 Å². The van der Waals surface area contributed by atoms with Crippen molar-refractivity contribution in [3.63, 3.8) is 0 Å². The molecule has 1 aromatic heterocycles. The summed E-state index contributed by atoms with van der Waals surface area (Å²) in [6, 6.07) is 0. The summed E-state index contributed by atoms with van der Waals surface area (Å²) in [6.45, 7) is 4.94. The molecule has 0 saturated heterocycles. The van der Waals surface area contributed by atoms with Gasteiger partial charge in [-0.2, -0.15) is 0 Å². The first kappa shape index (κ1) is 8.44. The van der Waals surface area contributed by atoms with E-state index < -0.39 is 0 Å². The van der Waals surface area contributed by atoms with Crippen molar-refractivity contribution < 1.29 is 4.79 Å². The van der Waals surface area contributed by atoms with Crippen molar-refractivity contribution in [2.45, 2.75) is 13.0 Å². The molecule has 13 heavy (non-hydrogen) atoms. The number of carbonyl (C=O) groups excluding carboxylic acids is 1. The molecule has 0 saturated carbocycles. The van der Waals surface area contributed by atoms with Crippen molar-refractivity contribution in [3.8, 4) is 0 Å². The van der Waals surface area contributed by atoms with Gasteiger partial charge >= 0.3 is 0 Å². The van der Waals surface area contributed by atoms with Gasteiger partial charge in [0.1, 0.15) is 0 Å². The second-order valence-electron chi connectivity index (χ2n) is 2.94. The lowest BCUT2D eigenvalue weighted by Gasteiger charge is -2.24. The lowest BCUT2D eigenvalue weighted by atomic mass is 10.2. The SMILES string of the molecule is C=CC(=O)N1CCc2ncsc2C1. The van der Waals surface area contributed by atoms with E-state index in [4.69, 9.17) is 0 Å². The van der Waals surface area contributed by atoms with Crippen molar-refractivity contribution in [2.24, 2.45) is 0 Å². The van der Waals surface area contributed by atoms with Gasteiger partial charge in [-0.25, -0.2) is 4.98 Å². The molecule has 0 unspecified atom stereocenters. The summed E-state index contributed by atoms with van der Waals surface area (Å²) in [4.78, 5) is 18.5. The van der Waals surface area contributed by atoms with Gasteiger partial charge in [0.15, 0.2) is 0 Å². The van der Waals surface area contributed by atoms with Crippen molar-refractivity contribution >= 4 is 17.2 Å². The molecule has 0 bridgehead atoms. The Morgan fingerprint density at radius 2 is 2.62 bits per heavy atom. The van der Waals surface area contributed by atoms with Crippen molar-refractivity contribution in [1.29, 1.82) is 0 Å². The zero-order valence-corrected chi connectivity index (χ0v) is 8.01. The minimum atomic E-state index is 0.0130. The number of rotatable bonds is 1. The number of aromatic nitrogens is 1. The summed E-state index contributed by atoms with van der Waals surface area (Å²) in [5, 5.41) is 0. The molecular weight excluding hydrogens is 184 g/mol. The maximum atomic E-state index is 11.3. The van der Waals surface area contributed by atoms with Gasteiger partial charge in [0.05, 0.1) is 17.7 Å². The van der Waals surface area contributed by atoms with Crippen LogP contribution in [0.5, 0.6) is 0 Å². The van der Waals surface area contributed by atoms with Gasteiger partial charge in [-0.15, -0.1) is 11.3 Å². The van der Waals surface area contributed by atoms with Gasteiger partial charge in [-0.3, -0.25) is 4.79 Å². The average molecular weight is 194 g/mol. The van der Waals surface area contributed by atoms with Gasteiger partial charge in [0, 0.05) is 17.8 Å². The van der Waals surface area contributed by atoms with E-state index in [1.165, 1.54) is 11.0 Å². The first-order chi connectivity index (χ1) is 6.31. The van der Waals surface area contributed by atoms with Crippen LogP contribution in [0.1, 0.15) is 10.6 Å².